The third kappa shape index (κ3) is 7.20. The summed E-state index contributed by atoms with van der Waals surface area (Å²) < 4.78 is 0. The molecule has 0 amide bonds. The number of thioether (sulfide) groups is 1. The highest BCUT2D eigenvalue weighted by Crippen LogP contribution is 2.37. The van der Waals surface area contributed by atoms with Gasteiger partial charge in [0.25, 0.3) is 0 Å². The Morgan fingerprint density at radius 2 is 1.65 bits per heavy atom. The first kappa shape index (κ1) is 20.4. The predicted molar refractivity (Wildman–Crippen MR) is 106 cm³/mol. The monoisotopic (exact) mass is 336 g/mol. The summed E-state index contributed by atoms with van der Waals surface area (Å²) in [7, 11) is 0. The SMILES string of the molecule is CCCCCCCCSCc1cccc(C(C)(C)CCC)c1O. The van der Waals surface area contributed by atoms with Crippen molar-refractivity contribution in [3.8, 4) is 5.75 Å². The smallest absolute Gasteiger partial charge is 0.123 e. The number of hydrogen-bond donors (Lipinski definition) is 1. The second-order valence-corrected chi connectivity index (χ2v) is 8.37. The molecular formula is C21H36OS. The molecule has 1 nitrogen and oxygen atoms in total. The van der Waals surface area contributed by atoms with Crippen LogP contribution in [0.4, 0.5) is 0 Å². The summed E-state index contributed by atoms with van der Waals surface area (Å²) in [6.07, 6.45) is 10.4. The number of aromatic hydroxyl groups is 1. The third-order valence-corrected chi connectivity index (χ3v) is 5.72. The molecule has 0 aliphatic heterocycles. The molecule has 2 heteroatoms. The van der Waals surface area contributed by atoms with Crippen LogP contribution in [0, 0.1) is 0 Å². The average Bonchev–Trinajstić information content (AvgIpc) is 2.51. The Labute approximate surface area is 148 Å². The molecular weight excluding hydrogens is 300 g/mol. The summed E-state index contributed by atoms with van der Waals surface area (Å²) >= 11 is 1.96. The number of unbranched alkanes of at least 4 members (excludes halogenated alkanes) is 5. The van der Waals surface area contributed by atoms with Gasteiger partial charge < -0.3 is 5.11 Å². The van der Waals surface area contributed by atoms with Crippen LogP contribution in [0.3, 0.4) is 0 Å². The third-order valence-electron chi connectivity index (χ3n) is 4.62. The zero-order chi connectivity index (χ0) is 17.1. The van der Waals surface area contributed by atoms with Gasteiger partial charge in [-0.1, -0.05) is 84.4 Å². The van der Waals surface area contributed by atoms with E-state index in [9.17, 15) is 5.11 Å². The van der Waals surface area contributed by atoms with Gasteiger partial charge in [-0.05, 0) is 29.6 Å². The van der Waals surface area contributed by atoms with Crippen molar-refractivity contribution >= 4 is 11.8 Å². The second kappa shape index (κ2) is 11.0. The van der Waals surface area contributed by atoms with Gasteiger partial charge in [0.2, 0.25) is 0 Å². The Hall–Kier alpha value is -0.630. The molecule has 0 fully saturated rings. The number of phenolic OH excluding ortho intramolecular Hbond substituents is 1. The van der Waals surface area contributed by atoms with Gasteiger partial charge in [0.1, 0.15) is 5.75 Å². The van der Waals surface area contributed by atoms with Crippen LogP contribution in [0.1, 0.15) is 90.2 Å². The van der Waals surface area contributed by atoms with E-state index >= 15 is 0 Å². The highest BCUT2D eigenvalue weighted by Gasteiger charge is 2.23. The van der Waals surface area contributed by atoms with Gasteiger partial charge in [0.15, 0.2) is 0 Å². The Morgan fingerprint density at radius 3 is 2.35 bits per heavy atom. The molecule has 0 aliphatic rings. The zero-order valence-electron chi connectivity index (χ0n) is 15.7. The minimum Gasteiger partial charge on any atom is -0.507 e. The van der Waals surface area contributed by atoms with E-state index < -0.39 is 0 Å². The molecule has 0 spiro atoms. The minimum absolute atomic E-state index is 0.0544. The van der Waals surface area contributed by atoms with Gasteiger partial charge in [0.05, 0.1) is 0 Å². The molecule has 0 saturated carbocycles. The van der Waals surface area contributed by atoms with E-state index in [1.165, 1.54) is 44.3 Å². The van der Waals surface area contributed by atoms with Gasteiger partial charge in [-0.25, -0.2) is 0 Å². The number of benzene rings is 1. The second-order valence-electron chi connectivity index (χ2n) is 7.27. The number of hydrogen-bond acceptors (Lipinski definition) is 2. The molecule has 0 unspecified atom stereocenters. The maximum Gasteiger partial charge on any atom is 0.123 e. The molecule has 132 valence electrons. The van der Waals surface area contributed by atoms with Gasteiger partial charge in [-0.15, -0.1) is 0 Å². The van der Waals surface area contributed by atoms with Crippen molar-refractivity contribution in [2.45, 2.75) is 90.2 Å². The number of para-hydroxylation sites is 1. The van der Waals surface area contributed by atoms with Crippen molar-refractivity contribution in [2.75, 3.05) is 5.75 Å². The molecule has 1 aromatic rings. The normalized spacial score (nSPS) is 11.8. The fraction of sp³-hybridized carbons (Fsp3) is 0.714. The van der Waals surface area contributed by atoms with Crippen molar-refractivity contribution in [3.63, 3.8) is 0 Å². The van der Waals surface area contributed by atoms with E-state index in [4.69, 9.17) is 0 Å². The van der Waals surface area contributed by atoms with Gasteiger partial charge in [0, 0.05) is 11.3 Å². The maximum absolute atomic E-state index is 10.6. The molecule has 1 aromatic carbocycles. The molecule has 0 aromatic heterocycles. The first-order valence-electron chi connectivity index (χ1n) is 9.42. The zero-order valence-corrected chi connectivity index (χ0v) is 16.5. The molecule has 1 N–H and O–H groups in total. The first-order valence-corrected chi connectivity index (χ1v) is 10.6. The summed E-state index contributed by atoms with van der Waals surface area (Å²) in [5, 5.41) is 10.6. The lowest BCUT2D eigenvalue weighted by Crippen LogP contribution is -2.17. The first-order chi connectivity index (χ1) is 11.0. The molecule has 0 aliphatic carbocycles. The van der Waals surface area contributed by atoms with Crippen LogP contribution in [0.2, 0.25) is 0 Å². The van der Waals surface area contributed by atoms with Crippen molar-refractivity contribution in [1.29, 1.82) is 0 Å². The standard InChI is InChI=1S/C21H36OS/c1-5-7-8-9-10-11-16-23-17-18-13-12-14-19(20(18)22)21(3,4)15-6-2/h12-14,22H,5-11,15-17H2,1-4H3. The number of phenols is 1. The predicted octanol–water partition coefficient (Wildman–Crippen LogP) is 7.06. The summed E-state index contributed by atoms with van der Waals surface area (Å²) in [4.78, 5) is 0. The van der Waals surface area contributed by atoms with Crippen LogP contribution >= 0.6 is 11.8 Å². The van der Waals surface area contributed by atoms with E-state index in [0.29, 0.717) is 5.75 Å². The summed E-state index contributed by atoms with van der Waals surface area (Å²) in [5.74, 6) is 2.66. The topological polar surface area (TPSA) is 20.2 Å². The van der Waals surface area contributed by atoms with Crippen molar-refractivity contribution in [1.82, 2.24) is 0 Å². The molecule has 1 rings (SSSR count). The van der Waals surface area contributed by atoms with Crippen LogP contribution in [-0.2, 0) is 11.2 Å². The van der Waals surface area contributed by atoms with Crippen molar-refractivity contribution in [3.05, 3.63) is 29.3 Å². The molecule has 0 bridgehead atoms. The molecule has 23 heavy (non-hydrogen) atoms. The van der Waals surface area contributed by atoms with Crippen LogP contribution in [0.5, 0.6) is 5.75 Å². The molecule has 0 atom stereocenters. The Bertz CT molecular complexity index is 439. The molecule has 0 heterocycles. The summed E-state index contributed by atoms with van der Waals surface area (Å²) in [6.45, 7) is 8.94. The van der Waals surface area contributed by atoms with E-state index in [0.717, 1.165) is 29.7 Å². The van der Waals surface area contributed by atoms with E-state index in [1.807, 2.05) is 11.8 Å². The van der Waals surface area contributed by atoms with E-state index in [-0.39, 0.29) is 5.41 Å². The fourth-order valence-corrected chi connectivity index (χ4v) is 4.19. The Kier molecular flexibility index (Phi) is 9.78. The van der Waals surface area contributed by atoms with Crippen LogP contribution in [0.15, 0.2) is 18.2 Å². The highest BCUT2D eigenvalue weighted by atomic mass is 32.2. The van der Waals surface area contributed by atoms with E-state index in [1.54, 1.807) is 0 Å². The maximum atomic E-state index is 10.6. The van der Waals surface area contributed by atoms with Gasteiger partial charge in [-0.3, -0.25) is 0 Å². The van der Waals surface area contributed by atoms with Crippen LogP contribution < -0.4 is 0 Å². The summed E-state index contributed by atoms with van der Waals surface area (Å²) in [6, 6.07) is 6.27. The Morgan fingerprint density at radius 1 is 0.957 bits per heavy atom. The van der Waals surface area contributed by atoms with Gasteiger partial charge in [-0.2, -0.15) is 11.8 Å². The van der Waals surface area contributed by atoms with Crippen molar-refractivity contribution < 1.29 is 5.11 Å². The lowest BCUT2D eigenvalue weighted by atomic mass is 9.79. The molecule has 0 radical (unpaired) electrons. The van der Waals surface area contributed by atoms with Crippen molar-refractivity contribution in [2.24, 2.45) is 0 Å². The lowest BCUT2D eigenvalue weighted by Gasteiger charge is -2.26. The molecule has 0 saturated heterocycles. The lowest BCUT2D eigenvalue weighted by molar-refractivity contribution is 0.414. The minimum atomic E-state index is 0.0544. The average molecular weight is 337 g/mol. The van der Waals surface area contributed by atoms with Gasteiger partial charge >= 0.3 is 0 Å². The van der Waals surface area contributed by atoms with E-state index in [2.05, 4.69) is 45.9 Å². The largest absolute Gasteiger partial charge is 0.507 e. The fourth-order valence-electron chi connectivity index (χ4n) is 3.18. The van der Waals surface area contributed by atoms with Crippen LogP contribution in [-0.4, -0.2) is 10.9 Å². The summed E-state index contributed by atoms with van der Waals surface area (Å²) in [5.41, 5.74) is 2.26. The number of rotatable bonds is 12. The Balaban J connectivity index is 2.43. The highest BCUT2D eigenvalue weighted by molar-refractivity contribution is 7.98. The van der Waals surface area contributed by atoms with Crippen LogP contribution in [0.25, 0.3) is 0 Å². The quantitative estimate of drug-likeness (QED) is 0.412.